The second-order valence-electron chi connectivity index (χ2n) is 4.01. The molecule has 0 spiro atoms. The van der Waals surface area contributed by atoms with Gasteiger partial charge in [0.05, 0.1) is 0 Å². The number of hydrogen-bond donors (Lipinski definition) is 3. The van der Waals surface area contributed by atoms with E-state index >= 15 is 0 Å². The number of fused-ring (bicyclic) bond motifs is 2. The SMILES string of the molecule is Oc1cc2cc3ccccc3c(O)c2cc1O. The Morgan fingerprint density at radius 1 is 0.647 bits per heavy atom. The summed E-state index contributed by atoms with van der Waals surface area (Å²) in [4.78, 5) is 0. The fourth-order valence-corrected chi connectivity index (χ4v) is 2.07. The number of phenols is 3. The molecule has 17 heavy (non-hydrogen) atoms. The van der Waals surface area contributed by atoms with E-state index < -0.39 is 0 Å². The highest BCUT2D eigenvalue weighted by atomic mass is 16.3. The van der Waals surface area contributed by atoms with Crippen LogP contribution in [-0.2, 0) is 0 Å². The van der Waals surface area contributed by atoms with Gasteiger partial charge in [0.15, 0.2) is 11.5 Å². The van der Waals surface area contributed by atoms with E-state index in [1.54, 1.807) is 0 Å². The minimum Gasteiger partial charge on any atom is -0.507 e. The summed E-state index contributed by atoms with van der Waals surface area (Å²) in [6.07, 6.45) is 0. The van der Waals surface area contributed by atoms with Gasteiger partial charge in [-0.25, -0.2) is 0 Å². The van der Waals surface area contributed by atoms with Crippen LogP contribution in [0.2, 0.25) is 0 Å². The predicted molar refractivity (Wildman–Crippen MR) is 66.4 cm³/mol. The lowest BCUT2D eigenvalue weighted by Crippen LogP contribution is -1.79. The molecule has 0 aliphatic rings. The molecule has 3 nitrogen and oxygen atoms in total. The molecule has 0 aliphatic carbocycles. The molecular formula is C14H10O3. The summed E-state index contributed by atoms with van der Waals surface area (Å²) in [6, 6.07) is 12.1. The molecule has 84 valence electrons. The Labute approximate surface area is 97.2 Å². The summed E-state index contributed by atoms with van der Waals surface area (Å²) in [6.45, 7) is 0. The van der Waals surface area contributed by atoms with Gasteiger partial charge in [-0.15, -0.1) is 0 Å². The molecule has 0 amide bonds. The van der Waals surface area contributed by atoms with Crippen LogP contribution >= 0.6 is 0 Å². The van der Waals surface area contributed by atoms with Crippen molar-refractivity contribution in [2.45, 2.75) is 0 Å². The highest BCUT2D eigenvalue weighted by Crippen LogP contribution is 2.38. The molecule has 0 aromatic heterocycles. The second kappa shape index (κ2) is 3.28. The van der Waals surface area contributed by atoms with Gasteiger partial charge in [0.25, 0.3) is 0 Å². The van der Waals surface area contributed by atoms with Crippen molar-refractivity contribution in [3.63, 3.8) is 0 Å². The third-order valence-electron chi connectivity index (χ3n) is 2.93. The van der Waals surface area contributed by atoms with E-state index in [0.717, 1.165) is 10.8 Å². The van der Waals surface area contributed by atoms with Crippen molar-refractivity contribution in [1.29, 1.82) is 0 Å². The lowest BCUT2D eigenvalue weighted by atomic mass is 10.0. The predicted octanol–water partition coefficient (Wildman–Crippen LogP) is 3.11. The smallest absolute Gasteiger partial charge is 0.158 e. The van der Waals surface area contributed by atoms with Gasteiger partial charge >= 0.3 is 0 Å². The molecule has 0 fully saturated rings. The summed E-state index contributed by atoms with van der Waals surface area (Å²) >= 11 is 0. The Hall–Kier alpha value is -2.42. The molecule has 0 saturated heterocycles. The van der Waals surface area contributed by atoms with Crippen molar-refractivity contribution in [3.8, 4) is 17.2 Å². The van der Waals surface area contributed by atoms with Gasteiger partial charge in [-0.05, 0) is 29.0 Å². The van der Waals surface area contributed by atoms with Crippen LogP contribution in [0.25, 0.3) is 21.5 Å². The van der Waals surface area contributed by atoms with Gasteiger partial charge in [-0.2, -0.15) is 0 Å². The van der Waals surface area contributed by atoms with E-state index in [2.05, 4.69) is 0 Å². The molecule has 0 saturated carbocycles. The maximum atomic E-state index is 10.1. The number of phenolic OH excluding ortho intramolecular Hbond substituents is 3. The van der Waals surface area contributed by atoms with Crippen molar-refractivity contribution in [2.24, 2.45) is 0 Å². The summed E-state index contributed by atoms with van der Waals surface area (Å²) in [5.74, 6) is -0.302. The monoisotopic (exact) mass is 226 g/mol. The van der Waals surface area contributed by atoms with E-state index in [-0.39, 0.29) is 17.2 Å². The second-order valence-corrected chi connectivity index (χ2v) is 4.01. The van der Waals surface area contributed by atoms with Gasteiger partial charge in [0.1, 0.15) is 5.75 Å². The molecule has 0 radical (unpaired) electrons. The highest BCUT2D eigenvalue weighted by Gasteiger charge is 2.09. The fraction of sp³-hybridized carbons (Fsp3) is 0. The van der Waals surface area contributed by atoms with E-state index in [1.807, 2.05) is 30.3 Å². The largest absolute Gasteiger partial charge is 0.507 e. The number of aromatic hydroxyl groups is 3. The average molecular weight is 226 g/mol. The van der Waals surface area contributed by atoms with Crippen molar-refractivity contribution in [1.82, 2.24) is 0 Å². The summed E-state index contributed by atoms with van der Waals surface area (Å²) in [5, 5.41) is 31.9. The maximum absolute atomic E-state index is 10.1. The zero-order valence-electron chi connectivity index (χ0n) is 8.88. The molecule has 0 bridgehead atoms. The molecule has 0 heterocycles. The lowest BCUT2D eigenvalue weighted by molar-refractivity contribution is 0.404. The molecule has 3 aromatic rings. The maximum Gasteiger partial charge on any atom is 0.158 e. The van der Waals surface area contributed by atoms with Crippen LogP contribution in [0.5, 0.6) is 17.2 Å². The Kier molecular flexibility index (Phi) is 1.89. The Morgan fingerprint density at radius 2 is 1.35 bits per heavy atom. The van der Waals surface area contributed by atoms with Gasteiger partial charge in [0.2, 0.25) is 0 Å². The number of benzene rings is 3. The Balaban J connectivity index is 2.55. The summed E-state index contributed by atoms with van der Waals surface area (Å²) in [7, 11) is 0. The van der Waals surface area contributed by atoms with Crippen LogP contribution in [0.15, 0.2) is 42.5 Å². The first-order valence-electron chi connectivity index (χ1n) is 5.23. The van der Waals surface area contributed by atoms with Crippen molar-refractivity contribution >= 4 is 21.5 Å². The van der Waals surface area contributed by atoms with Crippen molar-refractivity contribution < 1.29 is 15.3 Å². The van der Waals surface area contributed by atoms with Crippen molar-refractivity contribution in [3.05, 3.63) is 42.5 Å². The van der Waals surface area contributed by atoms with Gasteiger partial charge in [0, 0.05) is 10.8 Å². The zero-order chi connectivity index (χ0) is 12.0. The van der Waals surface area contributed by atoms with Gasteiger partial charge in [-0.1, -0.05) is 24.3 Å². The number of rotatable bonds is 0. The van der Waals surface area contributed by atoms with E-state index in [1.165, 1.54) is 12.1 Å². The molecule has 3 aromatic carbocycles. The van der Waals surface area contributed by atoms with Crippen LogP contribution in [0, 0.1) is 0 Å². The van der Waals surface area contributed by atoms with E-state index in [4.69, 9.17) is 0 Å². The fourth-order valence-electron chi connectivity index (χ4n) is 2.07. The minimum atomic E-state index is -0.233. The minimum absolute atomic E-state index is 0.119. The van der Waals surface area contributed by atoms with Gasteiger partial charge in [-0.3, -0.25) is 0 Å². The molecule has 3 N–H and O–H groups in total. The first-order chi connectivity index (χ1) is 8.16. The van der Waals surface area contributed by atoms with Gasteiger partial charge < -0.3 is 15.3 Å². The lowest BCUT2D eigenvalue weighted by Gasteiger charge is -2.07. The molecular weight excluding hydrogens is 216 g/mol. The quantitative estimate of drug-likeness (QED) is 0.407. The average Bonchev–Trinajstić information content (AvgIpc) is 2.32. The van der Waals surface area contributed by atoms with Crippen LogP contribution in [0.3, 0.4) is 0 Å². The topological polar surface area (TPSA) is 60.7 Å². The van der Waals surface area contributed by atoms with Crippen molar-refractivity contribution in [2.75, 3.05) is 0 Å². The van der Waals surface area contributed by atoms with Crippen LogP contribution in [0.4, 0.5) is 0 Å². The van der Waals surface area contributed by atoms with E-state index in [0.29, 0.717) is 10.8 Å². The third-order valence-corrected chi connectivity index (χ3v) is 2.93. The van der Waals surface area contributed by atoms with Crippen LogP contribution in [0.1, 0.15) is 0 Å². The zero-order valence-corrected chi connectivity index (χ0v) is 8.88. The normalized spacial score (nSPS) is 11.1. The highest BCUT2D eigenvalue weighted by molar-refractivity contribution is 6.05. The summed E-state index contributed by atoms with van der Waals surface area (Å²) in [5.41, 5.74) is 0. The molecule has 0 aliphatic heterocycles. The number of hydrogen-bond acceptors (Lipinski definition) is 3. The van der Waals surface area contributed by atoms with Crippen LogP contribution in [-0.4, -0.2) is 15.3 Å². The Bertz CT molecular complexity index is 732. The molecule has 0 atom stereocenters. The standard InChI is InChI=1S/C14H10O3/c15-12-6-9-5-8-3-1-2-4-10(8)14(17)11(9)7-13(12)16/h1-7,15-17H. The third kappa shape index (κ3) is 1.36. The first kappa shape index (κ1) is 9.78. The molecule has 3 heteroatoms. The molecule has 3 rings (SSSR count). The molecule has 0 unspecified atom stereocenters. The first-order valence-corrected chi connectivity index (χ1v) is 5.23. The summed E-state index contributed by atoms with van der Waals surface area (Å²) < 4.78 is 0. The Morgan fingerprint density at radius 3 is 2.18 bits per heavy atom. The van der Waals surface area contributed by atoms with Crippen LogP contribution < -0.4 is 0 Å². The van der Waals surface area contributed by atoms with E-state index in [9.17, 15) is 15.3 Å².